The Bertz CT molecular complexity index is 474. The number of anilines is 2. The standard InChI is InChI=1S/C11H17ClN2O2S/c1-3-4-7-13-11-8-9(5-6-10(11)12)14-17(2,15)16/h5-6,8,13-14H,3-4,7H2,1-2H3. The van der Waals surface area contributed by atoms with Crippen molar-refractivity contribution in [3.63, 3.8) is 0 Å². The first-order valence-corrected chi connectivity index (χ1v) is 7.70. The summed E-state index contributed by atoms with van der Waals surface area (Å²) in [5.74, 6) is 0. The minimum Gasteiger partial charge on any atom is -0.384 e. The number of benzene rings is 1. The molecule has 17 heavy (non-hydrogen) atoms. The van der Waals surface area contributed by atoms with Gasteiger partial charge in [0.05, 0.1) is 22.7 Å². The molecule has 0 saturated heterocycles. The van der Waals surface area contributed by atoms with Gasteiger partial charge in [0.1, 0.15) is 0 Å². The summed E-state index contributed by atoms with van der Waals surface area (Å²) in [6.45, 7) is 2.92. The Kier molecular flexibility index (Phi) is 5.08. The fraction of sp³-hybridized carbons (Fsp3) is 0.455. The summed E-state index contributed by atoms with van der Waals surface area (Å²) in [4.78, 5) is 0. The molecule has 0 heterocycles. The molecule has 0 aromatic heterocycles. The molecule has 1 aromatic rings. The second-order valence-corrected chi connectivity index (χ2v) is 6.00. The molecule has 0 amide bonds. The highest BCUT2D eigenvalue weighted by molar-refractivity contribution is 7.92. The number of hydrogen-bond donors (Lipinski definition) is 2. The lowest BCUT2D eigenvalue weighted by Crippen LogP contribution is -2.10. The summed E-state index contributed by atoms with van der Waals surface area (Å²) < 4.78 is 24.6. The van der Waals surface area contributed by atoms with Crippen molar-refractivity contribution >= 4 is 33.0 Å². The van der Waals surface area contributed by atoms with Crippen molar-refractivity contribution in [1.29, 1.82) is 0 Å². The van der Waals surface area contributed by atoms with E-state index in [0.29, 0.717) is 10.7 Å². The molecule has 0 saturated carbocycles. The largest absolute Gasteiger partial charge is 0.384 e. The molecule has 0 aliphatic carbocycles. The molecule has 1 aromatic carbocycles. The van der Waals surface area contributed by atoms with Crippen LogP contribution in [-0.4, -0.2) is 21.2 Å². The Morgan fingerprint density at radius 3 is 2.65 bits per heavy atom. The van der Waals surface area contributed by atoms with E-state index in [1.54, 1.807) is 18.2 Å². The van der Waals surface area contributed by atoms with Gasteiger partial charge in [0.25, 0.3) is 0 Å². The summed E-state index contributed by atoms with van der Waals surface area (Å²) >= 11 is 6.01. The average Bonchev–Trinajstić information content (AvgIpc) is 2.21. The topological polar surface area (TPSA) is 58.2 Å². The Balaban J connectivity index is 2.79. The van der Waals surface area contributed by atoms with Crippen LogP contribution in [0, 0.1) is 0 Å². The van der Waals surface area contributed by atoms with Gasteiger partial charge in [-0.05, 0) is 24.6 Å². The van der Waals surface area contributed by atoms with Gasteiger partial charge in [0.15, 0.2) is 0 Å². The highest BCUT2D eigenvalue weighted by Crippen LogP contribution is 2.25. The zero-order chi connectivity index (χ0) is 12.9. The maximum atomic E-state index is 11.1. The van der Waals surface area contributed by atoms with Crippen LogP contribution in [0.5, 0.6) is 0 Å². The molecule has 6 heteroatoms. The molecule has 96 valence electrons. The third-order valence-electron chi connectivity index (χ3n) is 2.12. The number of sulfonamides is 1. The maximum absolute atomic E-state index is 11.1. The zero-order valence-corrected chi connectivity index (χ0v) is 11.5. The Hall–Kier alpha value is -0.940. The monoisotopic (exact) mass is 276 g/mol. The Morgan fingerprint density at radius 1 is 1.35 bits per heavy atom. The number of unbranched alkanes of at least 4 members (excludes halogenated alkanes) is 1. The Labute approximate surface area is 107 Å². The fourth-order valence-corrected chi connectivity index (χ4v) is 2.08. The average molecular weight is 277 g/mol. The van der Waals surface area contributed by atoms with Gasteiger partial charge in [-0.25, -0.2) is 8.42 Å². The highest BCUT2D eigenvalue weighted by atomic mass is 35.5. The van der Waals surface area contributed by atoms with E-state index < -0.39 is 10.0 Å². The molecule has 0 aliphatic rings. The van der Waals surface area contributed by atoms with E-state index in [9.17, 15) is 8.42 Å². The van der Waals surface area contributed by atoms with Crippen LogP contribution in [0.2, 0.25) is 5.02 Å². The summed E-state index contributed by atoms with van der Waals surface area (Å²) in [6.07, 6.45) is 3.25. The first-order valence-electron chi connectivity index (χ1n) is 5.43. The summed E-state index contributed by atoms with van der Waals surface area (Å²) in [5, 5.41) is 3.76. The first-order chi connectivity index (χ1) is 7.92. The lowest BCUT2D eigenvalue weighted by molar-refractivity contribution is 0.607. The molecular weight excluding hydrogens is 260 g/mol. The van der Waals surface area contributed by atoms with Crippen LogP contribution in [0.3, 0.4) is 0 Å². The normalized spacial score (nSPS) is 11.2. The number of rotatable bonds is 6. The van der Waals surface area contributed by atoms with Crippen molar-refractivity contribution in [2.45, 2.75) is 19.8 Å². The molecule has 1 rings (SSSR count). The molecule has 0 atom stereocenters. The molecule has 0 spiro atoms. The molecule has 0 aliphatic heterocycles. The van der Waals surface area contributed by atoms with Gasteiger partial charge >= 0.3 is 0 Å². The summed E-state index contributed by atoms with van der Waals surface area (Å²) in [6, 6.07) is 5.00. The fourth-order valence-electron chi connectivity index (χ4n) is 1.34. The predicted molar refractivity (Wildman–Crippen MR) is 73.3 cm³/mol. The van der Waals surface area contributed by atoms with Crippen LogP contribution in [-0.2, 0) is 10.0 Å². The van der Waals surface area contributed by atoms with Crippen molar-refractivity contribution in [3.05, 3.63) is 23.2 Å². The van der Waals surface area contributed by atoms with Crippen molar-refractivity contribution in [1.82, 2.24) is 0 Å². The second-order valence-electron chi connectivity index (χ2n) is 3.85. The van der Waals surface area contributed by atoms with Gasteiger partial charge in [0, 0.05) is 6.54 Å². The van der Waals surface area contributed by atoms with Crippen LogP contribution < -0.4 is 10.0 Å². The molecular formula is C11H17ClN2O2S. The SMILES string of the molecule is CCCCNc1cc(NS(C)(=O)=O)ccc1Cl. The van der Waals surface area contributed by atoms with E-state index in [-0.39, 0.29) is 0 Å². The third-order valence-corrected chi connectivity index (χ3v) is 3.05. The van der Waals surface area contributed by atoms with Crippen molar-refractivity contribution in [3.8, 4) is 0 Å². The molecule has 4 nitrogen and oxygen atoms in total. The minimum absolute atomic E-state index is 0.510. The smallest absolute Gasteiger partial charge is 0.229 e. The predicted octanol–water partition coefficient (Wildman–Crippen LogP) is 2.92. The van der Waals surface area contributed by atoms with Crippen molar-refractivity contribution in [2.24, 2.45) is 0 Å². The highest BCUT2D eigenvalue weighted by Gasteiger charge is 2.05. The second kappa shape index (κ2) is 6.12. The van der Waals surface area contributed by atoms with Crippen LogP contribution in [0.15, 0.2) is 18.2 Å². The quantitative estimate of drug-likeness (QED) is 0.786. The van der Waals surface area contributed by atoms with Gasteiger partial charge in [-0.1, -0.05) is 24.9 Å². The summed E-state index contributed by atoms with van der Waals surface area (Å²) in [5.41, 5.74) is 1.25. The van der Waals surface area contributed by atoms with E-state index in [1.165, 1.54) is 0 Å². The van der Waals surface area contributed by atoms with Gasteiger partial charge in [-0.3, -0.25) is 4.72 Å². The van der Waals surface area contributed by atoms with Gasteiger partial charge < -0.3 is 5.32 Å². The van der Waals surface area contributed by atoms with Crippen LogP contribution in [0.4, 0.5) is 11.4 Å². The van der Waals surface area contributed by atoms with E-state index in [0.717, 1.165) is 31.3 Å². The van der Waals surface area contributed by atoms with Crippen LogP contribution in [0.1, 0.15) is 19.8 Å². The zero-order valence-electron chi connectivity index (χ0n) is 9.96. The molecule has 0 bridgehead atoms. The number of halogens is 1. The maximum Gasteiger partial charge on any atom is 0.229 e. The van der Waals surface area contributed by atoms with Crippen LogP contribution in [0.25, 0.3) is 0 Å². The summed E-state index contributed by atoms with van der Waals surface area (Å²) in [7, 11) is -3.25. The van der Waals surface area contributed by atoms with Gasteiger partial charge in [-0.2, -0.15) is 0 Å². The number of nitrogens with one attached hydrogen (secondary N) is 2. The minimum atomic E-state index is -3.25. The van der Waals surface area contributed by atoms with Gasteiger partial charge in [-0.15, -0.1) is 0 Å². The van der Waals surface area contributed by atoms with E-state index >= 15 is 0 Å². The lowest BCUT2D eigenvalue weighted by Gasteiger charge is -2.10. The first kappa shape index (κ1) is 14.1. The lowest BCUT2D eigenvalue weighted by atomic mass is 10.2. The molecule has 0 unspecified atom stereocenters. The molecule has 2 N–H and O–H groups in total. The third kappa shape index (κ3) is 5.28. The van der Waals surface area contributed by atoms with E-state index in [2.05, 4.69) is 17.0 Å². The van der Waals surface area contributed by atoms with Crippen molar-refractivity contribution < 1.29 is 8.42 Å². The van der Waals surface area contributed by atoms with E-state index in [1.807, 2.05) is 0 Å². The van der Waals surface area contributed by atoms with Crippen molar-refractivity contribution in [2.75, 3.05) is 22.8 Å². The van der Waals surface area contributed by atoms with Crippen LogP contribution >= 0.6 is 11.6 Å². The molecule has 0 fully saturated rings. The number of hydrogen-bond acceptors (Lipinski definition) is 3. The van der Waals surface area contributed by atoms with E-state index in [4.69, 9.17) is 11.6 Å². The molecule has 0 radical (unpaired) electrons. The Morgan fingerprint density at radius 2 is 2.06 bits per heavy atom. The van der Waals surface area contributed by atoms with Gasteiger partial charge in [0.2, 0.25) is 10.0 Å².